The summed E-state index contributed by atoms with van der Waals surface area (Å²) in [5, 5.41) is 12.3. The number of aromatic nitrogens is 3. The van der Waals surface area contributed by atoms with Crippen LogP contribution in [0.25, 0.3) is 5.69 Å². The van der Waals surface area contributed by atoms with E-state index in [-0.39, 0.29) is 18.3 Å². The molecule has 5 nitrogen and oxygen atoms in total. The molecule has 0 saturated heterocycles. The minimum atomic E-state index is -0.260. The van der Waals surface area contributed by atoms with Crippen molar-refractivity contribution in [2.45, 2.75) is 24.4 Å². The van der Waals surface area contributed by atoms with Crippen molar-refractivity contribution < 1.29 is 9.18 Å². The third-order valence-electron chi connectivity index (χ3n) is 4.80. The molecule has 0 saturated carbocycles. The molecule has 3 aromatic carbocycles. The average molecular weight is 511 g/mol. The lowest BCUT2D eigenvalue weighted by Gasteiger charge is -2.12. The maximum atomic E-state index is 13.2. The number of benzene rings is 3. The van der Waals surface area contributed by atoms with Crippen LogP contribution in [0.5, 0.6) is 0 Å². The topological polar surface area (TPSA) is 59.8 Å². The predicted octanol–water partition coefficient (Wildman–Crippen LogP) is 5.70. The van der Waals surface area contributed by atoms with E-state index in [1.165, 1.54) is 23.9 Å². The summed E-state index contributed by atoms with van der Waals surface area (Å²) < 4.78 is 15.9. The summed E-state index contributed by atoms with van der Waals surface area (Å²) in [5.41, 5.74) is 3.59. The van der Waals surface area contributed by atoms with E-state index in [1.807, 2.05) is 54.0 Å². The second kappa shape index (κ2) is 10.1. The van der Waals surface area contributed by atoms with Crippen molar-refractivity contribution in [3.05, 3.63) is 106 Å². The molecule has 8 heteroatoms. The van der Waals surface area contributed by atoms with Crippen LogP contribution in [-0.4, -0.2) is 20.7 Å². The maximum absolute atomic E-state index is 13.2. The second-order valence-electron chi connectivity index (χ2n) is 7.15. The van der Waals surface area contributed by atoms with E-state index in [1.54, 1.807) is 18.2 Å². The Morgan fingerprint density at radius 2 is 1.75 bits per heavy atom. The lowest BCUT2D eigenvalue weighted by Crippen LogP contribution is -2.25. The van der Waals surface area contributed by atoms with Crippen LogP contribution in [0.15, 0.2) is 82.4 Å². The summed E-state index contributed by atoms with van der Waals surface area (Å²) >= 11 is 4.92. The third-order valence-corrected chi connectivity index (χ3v) is 6.49. The van der Waals surface area contributed by atoms with Crippen LogP contribution in [0.4, 0.5) is 4.39 Å². The molecule has 0 aliphatic rings. The summed E-state index contributed by atoms with van der Waals surface area (Å²) in [7, 11) is 0. The molecule has 0 radical (unpaired) electrons. The fourth-order valence-corrected chi connectivity index (χ4v) is 4.48. The number of nitrogens with zero attached hydrogens (tertiary/aromatic N) is 3. The van der Waals surface area contributed by atoms with Crippen LogP contribution in [0.2, 0.25) is 0 Å². The number of hydrogen-bond donors (Lipinski definition) is 1. The number of amides is 1. The first-order chi connectivity index (χ1) is 15.5. The Hall–Kier alpha value is -2.97. The first-order valence-electron chi connectivity index (χ1n) is 9.92. The monoisotopic (exact) mass is 510 g/mol. The van der Waals surface area contributed by atoms with E-state index >= 15 is 0 Å². The van der Waals surface area contributed by atoms with Gasteiger partial charge in [0, 0.05) is 15.9 Å². The molecule has 0 atom stereocenters. The zero-order chi connectivity index (χ0) is 22.5. The van der Waals surface area contributed by atoms with Gasteiger partial charge in [-0.3, -0.25) is 9.36 Å². The highest BCUT2D eigenvalue weighted by Gasteiger charge is 2.17. The highest BCUT2D eigenvalue weighted by Crippen LogP contribution is 2.26. The van der Waals surface area contributed by atoms with Crippen LogP contribution < -0.4 is 5.32 Å². The van der Waals surface area contributed by atoms with Crippen LogP contribution in [0.1, 0.15) is 27.3 Å². The number of aryl methyl sites for hydroxylation is 1. The molecule has 0 fully saturated rings. The quantitative estimate of drug-likeness (QED) is 0.324. The molecular formula is C24H20BrFN4OS. The van der Waals surface area contributed by atoms with Crippen molar-refractivity contribution in [3.63, 3.8) is 0 Å². The van der Waals surface area contributed by atoms with Gasteiger partial charge in [0.15, 0.2) is 11.0 Å². The molecular weight excluding hydrogens is 491 g/mol. The molecule has 0 unspecified atom stereocenters. The van der Waals surface area contributed by atoms with Gasteiger partial charge in [0.2, 0.25) is 0 Å². The zero-order valence-corrected chi connectivity index (χ0v) is 19.7. The standard InChI is InChI=1S/C24H20BrFN4OS/c1-16-6-12-19(13-7-16)30-22(14-27-23(31)20-4-2-3-5-21(20)25)28-29-24(30)32-15-17-8-10-18(26)11-9-17/h2-13H,14-15H2,1H3,(H,27,31). The molecule has 0 aliphatic carbocycles. The van der Waals surface area contributed by atoms with Gasteiger partial charge in [-0.2, -0.15) is 0 Å². The molecule has 0 aliphatic heterocycles. The van der Waals surface area contributed by atoms with E-state index in [4.69, 9.17) is 0 Å². The lowest BCUT2D eigenvalue weighted by molar-refractivity contribution is 0.0949. The van der Waals surface area contributed by atoms with Crippen LogP contribution >= 0.6 is 27.7 Å². The zero-order valence-electron chi connectivity index (χ0n) is 17.3. The fraction of sp³-hybridized carbons (Fsp3) is 0.125. The number of rotatable bonds is 7. The van der Waals surface area contributed by atoms with E-state index in [9.17, 15) is 9.18 Å². The molecule has 1 heterocycles. The molecule has 32 heavy (non-hydrogen) atoms. The Labute approximate surface area is 198 Å². The second-order valence-corrected chi connectivity index (χ2v) is 8.94. The number of carbonyl (C=O) groups excluding carboxylic acids is 1. The first kappa shape index (κ1) is 22.2. The number of carbonyl (C=O) groups is 1. The van der Waals surface area contributed by atoms with Gasteiger partial charge < -0.3 is 5.32 Å². The highest BCUT2D eigenvalue weighted by molar-refractivity contribution is 9.10. The Kier molecular flexibility index (Phi) is 7.02. The maximum Gasteiger partial charge on any atom is 0.252 e. The Morgan fingerprint density at radius 3 is 2.47 bits per heavy atom. The average Bonchev–Trinajstić information content (AvgIpc) is 3.21. The van der Waals surface area contributed by atoms with E-state index in [0.717, 1.165) is 21.3 Å². The van der Waals surface area contributed by atoms with Crippen LogP contribution in [-0.2, 0) is 12.3 Å². The lowest BCUT2D eigenvalue weighted by atomic mass is 10.2. The van der Waals surface area contributed by atoms with Crippen LogP contribution in [0.3, 0.4) is 0 Å². The SMILES string of the molecule is Cc1ccc(-n2c(CNC(=O)c3ccccc3Br)nnc2SCc2ccc(F)cc2)cc1. The molecule has 0 spiro atoms. The molecule has 1 amide bonds. The smallest absolute Gasteiger partial charge is 0.252 e. The van der Waals surface area contributed by atoms with Gasteiger partial charge in [-0.1, -0.05) is 53.7 Å². The third kappa shape index (κ3) is 5.26. The molecule has 4 aromatic rings. The Balaban J connectivity index is 1.57. The number of hydrogen-bond acceptors (Lipinski definition) is 4. The Bertz CT molecular complexity index is 1230. The van der Waals surface area contributed by atoms with Crippen molar-refractivity contribution in [2.24, 2.45) is 0 Å². The van der Waals surface area contributed by atoms with E-state index in [0.29, 0.717) is 22.3 Å². The van der Waals surface area contributed by atoms with Crippen molar-refractivity contribution in [1.29, 1.82) is 0 Å². The summed E-state index contributed by atoms with van der Waals surface area (Å²) in [5.74, 6) is 0.783. The van der Waals surface area contributed by atoms with E-state index in [2.05, 4.69) is 31.4 Å². The number of nitrogens with one attached hydrogen (secondary N) is 1. The highest BCUT2D eigenvalue weighted by atomic mass is 79.9. The van der Waals surface area contributed by atoms with Crippen molar-refractivity contribution >= 4 is 33.6 Å². The van der Waals surface area contributed by atoms with Gasteiger partial charge in [-0.25, -0.2) is 4.39 Å². The summed E-state index contributed by atoms with van der Waals surface area (Å²) in [6.07, 6.45) is 0. The molecule has 4 rings (SSSR count). The number of thioether (sulfide) groups is 1. The minimum Gasteiger partial charge on any atom is -0.345 e. The largest absolute Gasteiger partial charge is 0.345 e. The molecule has 0 bridgehead atoms. The van der Waals surface area contributed by atoms with Gasteiger partial charge in [-0.05, 0) is 64.8 Å². The minimum absolute atomic E-state index is 0.198. The fourth-order valence-electron chi connectivity index (χ4n) is 3.09. The van der Waals surface area contributed by atoms with Gasteiger partial charge >= 0.3 is 0 Å². The van der Waals surface area contributed by atoms with Gasteiger partial charge in [0.25, 0.3) is 5.91 Å². The van der Waals surface area contributed by atoms with Gasteiger partial charge in [0.05, 0.1) is 12.1 Å². The van der Waals surface area contributed by atoms with Crippen molar-refractivity contribution in [2.75, 3.05) is 0 Å². The summed E-state index contributed by atoms with van der Waals surface area (Å²) in [4.78, 5) is 12.6. The molecule has 1 aromatic heterocycles. The van der Waals surface area contributed by atoms with Crippen LogP contribution in [0, 0.1) is 12.7 Å². The van der Waals surface area contributed by atoms with Crippen molar-refractivity contribution in [1.82, 2.24) is 20.1 Å². The summed E-state index contributed by atoms with van der Waals surface area (Å²) in [6.45, 7) is 2.25. The van der Waals surface area contributed by atoms with Gasteiger partial charge in [-0.15, -0.1) is 10.2 Å². The van der Waals surface area contributed by atoms with Gasteiger partial charge in [0.1, 0.15) is 5.82 Å². The van der Waals surface area contributed by atoms with Crippen molar-refractivity contribution in [3.8, 4) is 5.69 Å². The Morgan fingerprint density at radius 1 is 1.03 bits per heavy atom. The summed E-state index contributed by atoms with van der Waals surface area (Å²) in [6, 6.07) is 21.7. The number of halogens is 2. The molecule has 1 N–H and O–H groups in total. The first-order valence-corrected chi connectivity index (χ1v) is 11.7. The van der Waals surface area contributed by atoms with E-state index < -0.39 is 0 Å². The predicted molar refractivity (Wildman–Crippen MR) is 127 cm³/mol. The normalized spacial score (nSPS) is 10.8. The molecule has 162 valence electrons.